The Bertz CT molecular complexity index is 847. The van der Waals surface area contributed by atoms with E-state index >= 15 is 0 Å². The van der Waals surface area contributed by atoms with Crippen LogP contribution in [0.2, 0.25) is 0 Å². The van der Waals surface area contributed by atoms with Crippen LogP contribution in [-0.2, 0) is 9.53 Å². The first-order chi connectivity index (χ1) is 12.3. The Hall–Kier alpha value is -2.74. The first-order valence-electron chi connectivity index (χ1n) is 8.27. The summed E-state index contributed by atoms with van der Waals surface area (Å²) < 4.78 is 20.1. The number of benzene rings is 1. The van der Waals surface area contributed by atoms with E-state index in [1.165, 1.54) is 17.0 Å². The molecule has 1 unspecified atom stereocenters. The topological polar surface area (TPSA) is 84.7 Å². The lowest BCUT2D eigenvalue weighted by Crippen LogP contribution is -2.52. The second-order valence-electron chi connectivity index (χ2n) is 6.42. The van der Waals surface area contributed by atoms with Crippen LogP contribution in [0.5, 0.6) is 0 Å². The van der Waals surface area contributed by atoms with Crippen molar-refractivity contribution in [3.63, 3.8) is 0 Å². The van der Waals surface area contributed by atoms with Gasteiger partial charge in [0.25, 0.3) is 5.91 Å². The van der Waals surface area contributed by atoms with E-state index in [0.717, 1.165) is 0 Å². The molecule has 1 amide bonds. The van der Waals surface area contributed by atoms with Crippen LogP contribution in [0.15, 0.2) is 24.3 Å². The number of carbonyl (C=O) groups excluding carboxylic acids is 1. The van der Waals surface area contributed by atoms with Gasteiger partial charge in [-0.3, -0.25) is 4.79 Å². The van der Waals surface area contributed by atoms with Gasteiger partial charge in [-0.15, -0.1) is 0 Å². The Morgan fingerprint density at radius 3 is 2.50 bits per heavy atom. The van der Waals surface area contributed by atoms with Crippen molar-refractivity contribution in [1.82, 2.24) is 14.7 Å². The molecular formula is C18H20FN3O4. The van der Waals surface area contributed by atoms with Gasteiger partial charge in [-0.1, -0.05) is 0 Å². The van der Waals surface area contributed by atoms with Crippen LogP contribution in [0.3, 0.4) is 0 Å². The van der Waals surface area contributed by atoms with Gasteiger partial charge in [-0.2, -0.15) is 5.10 Å². The molecule has 0 bridgehead atoms. The lowest BCUT2D eigenvalue weighted by Gasteiger charge is -2.35. The van der Waals surface area contributed by atoms with Crippen molar-refractivity contribution >= 4 is 11.9 Å². The molecule has 1 saturated heterocycles. The minimum absolute atomic E-state index is 0.0148. The van der Waals surface area contributed by atoms with Gasteiger partial charge in [0.15, 0.2) is 6.10 Å². The van der Waals surface area contributed by atoms with Crippen molar-refractivity contribution in [2.45, 2.75) is 33.0 Å². The van der Waals surface area contributed by atoms with Crippen molar-refractivity contribution in [2.24, 2.45) is 0 Å². The fourth-order valence-electron chi connectivity index (χ4n) is 3.20. The van der Waals surface area contributed by atoms with E-state index < -0.39 is 12.1 Å². The third kappa shape index (κ3) is 3.32. The molecule has 138 valence electrons. The Morgan fingerprint density at radius 2 is 1.88 bits per heavy atom. The first kappa shape index (κ1) is 18.1. The maximum Gasteiger partial charge on any atom is 0.334 e. The number of carboxylic acids is 1. The quantitative estimate of drug-likeness (QED) is 0.903. The molecule has 2 atom stereocenters. The van der Waals surface area contributed by atoms with E-state index in [4.69, 9.17) is 4.74 Å². The Labute approximate surface area is 150 Å². The van der Waals surface area contributed by atoms with Crippen molar-refractivity contribution in [3.05, 3.63) is 47.0 Å². The number of aromatic nitrogens is 2. The number of halogens is 1. The number of aliphatic carboxylic acids is 1. The van der Waals surface area contributed by atoms with Gasteiger partial charge in [0, 0.05) is 6.54 Å². The molecule has 2 aromatic rings. The molecule has 0 spiro atoms. The summed E-state index contributed by atoms with van der Waals surface area (Å²) in [5.41, 5.74) is 2.21. The highest BCUT2D eigenvalue weighted by Gasteiger charge is 2.34. The molecule has 3 rings (SSSR count). The molecule has 2 heterocycles. The number of hydrogen-bond donors (Lipinski definition) is 1. The molecule has 1 aliphatic rings. The van der Waals surface area contributed by atoms with Gasteiger partial charge in [-0.05, 0) is 45.0 Å². The number of carboxylic acid groups (broad SMARTS) is 1. The van der Waals surface area contributed by atoms with Crippen molar-refractivity contribution < 1.29 is 23.8 Å². The molecule has 1 N–H and O–H groups in total. The van der Waals surface area contributed by atoms with Crippen LogP contribution in [0, 0.1) is 19.7 Å². The summed E-state index contributed by atoms with van der Waals surface area (Å²) in [6, 6.07) is 5.82. The van der Waals surface area contributed by atoms with Gasteiger partial charge >= 0.3 is 5.97 Å². The molecule has 7 nitrogen and oxygen atoms in total. The molecule has 1 aliphatic heterocycles. The summed E-state index contributed by atoms with van der Waals surface area (Å²) in [4.78, 5) is 25.7. The van der Waals surface area contributed by atoms with E-state index in [1.807, 2.05) is 0 Å². The molecule has 0 radical (unpaired) electrons. The SMILES string of the molecule is Cc1nn(-c2ccc(F)cc2)c(C)c1C(=O)N1CC(C(=O)O)O[C@H](C)C1. The summed E-state index contributed by atoms with van der Waals surface area (Å²) in [6.07, 6.45) is -1.42. The maximum atomic E-state index is 13.1. The van der Waals surface area contributed by atoms with E-state index in [2.05, 4.69) is 5.10 Å². The van der Waals surface area contributed by atoms with Gasteiger partial charge in [0.1, 0.15) is 5.82 Å². The zero-order valence-electron chi connectivity index (χ0n) is 14.8. The Balaban J connectivity index is 1.92. The van der Waals surface area contributed by atoms with Crippen LogP contribution in [0.25, 0.3) is 5.69 Å². The number of ether oxygens (including phenoxy) is 1. The largest absolute Gasteiger partial charge is 0.479 e. The van der Waals surface area contributed by atoms with Crippen LogP contribution >= 0.6 is 0 Å². The van der Waals surface area contributed by atoms with E-state index in [9.17, 15) is 19.1 Å². The highest BCUT2D eigenvalue weighted by atomic mass is 19.1. The number of rotatable bonds is 3. The van der Waals surface area contributed by atoms with Crippen LogP contribution in [-0.4, -0.2) is 57.0 Å². The maximum absolute atomic E-state index is 13.1. The third-order valence-corrected chi connectivity index (χ3v) is 4.40. The highest BCUT2D eigenvalue weighted by molar-refractivity contribution is 5.97. The molecule has 26 heavy (non-hydrogen) atoms. The van der Waals surface area contributed by atoms with Crippen LogP contribution in [0.1, 0.15) is 28.7 Å². The van der Waals surface area contributed by atoms with E-state index in [-0.39, 0.29) is 24.4 Å². The molecule has 8 heteroatoms. The summed E-state index contributed by atoms with van der Waals surface area (Å²) in [6.45, 7) is 5.51. The number of amides is 1. The number of aryl methyl sites for hydroxylation is 1. The van der Waals surface area contributed by atoms with Crippen LogP contribution < -0.4 is 0 Å². The van der Waals surface area contributed by atoms with Crippen molar-refractivity contribution in [3.8, 4) is 5.69 Å². The fraction of sp³-hybridized carbons (Fsp3) is 0.389. The van der Waals surface area contributed by atoms with Crippen LogP contribution in [0.4, 0.5) is 4.39 Å². The normalized spacial score (nSPS) is 20.2. The summed E-state index contributed by atoms with van der Waals surface area (Å²) in [7, 11) is 0. The average Bonchev–Trinajstić information content (AvgIpc) is 2.89. The third-order valence-electron chi connectivity index (χ3n) is 4.40. The van der Waals surface area contributed by atoms with Crippen molar-refractivity contribution in [2.75, 3.05) is 13.1 Å². The number of carbonyl (C=O) groups is 2. The standard InChI is InChI=1S/C18H20FN3O4/c1-10-8-21(9-15(26-10)18(24)25)17(23)16-11(2)20-22(12(16)3)14-6-4-13(19)5-7-14/h4-7,10,15H,8-9H2,1-3H3,(H,24,25)/t10-,15?/m1/s1. The lowest BCUT2D eigenvalue weighted by molar-refractivity contribution is -0.160. The zero-order chi connectivity index (χ0) is 19.0. The highest BCUT2D eigenvalue weighted by Crippen LogP contribution is 2.22. The number of morpholine rings is 1. The lowest BCUT2D eigenvalue weighted by atomic mass is 10.1. The molecular weight excluding hydrogens is 341 g/mol. The van der Waals surface area contributed by atoms with Gasteiger partial charge in [0.2, 0.25) is 0 Å². The molecule has 0 aliphatic carbocycles. The molecule has 0 saturated carbocycles. The monoisotopic (exact) mass is 361 g/mol. The van der Waals surface area contributed by atoms with E-state index in [0.29, 0.717) is 29.2 Å². The smallest absolute Gasteiger partial charge is 0.334 e. The predicted octanol–water partition coefficient (Wildman–Crippen LogP) is 1.94. The van der Waals surface area contributed by atoms with Gasteiger partial charge in [-0.25, -0.2) is 13.9 Å². The predicted molar refractivity (Wildman–Crippen MR) is 90.9 cm³/mol. The van der Waals surface area contributed by atoms with Gasteiger partial charge in [0.05, 0.1) is 35.3 Å². The summed E-state index contributed by atoms with van der Waals surface area (Å²) in [5, 5.41) is 13.6. The number of hydrogen-bond acceptors (Lipinski definition) is 4. The van der Waals surface area contributed by atoms with E-state index in [1.54, 1.807) is 37.6 Å². The van der Waals surface area contributed by atoms with Gasteiger partial charge < -0.3 is 14.7 Å². The minimum atomic E-state index is -1.09. The minimum Gasteiger partial charge on any atom is -0.479 e. The second kappa shape index (κ2) is 6.87. The second-order valence-corrected chi connectivity index (χ2v) is 6.42. The van der Waals surface area contributed by atoms with Crippen molar-refractivity contribution in [1.29, 1.82) is 0 Å². The average molecular weight is 361 g/mol. The Kier molecular flexibility index (Phi) is 4.78. The summed E-state index contributed by atoms with van der Waals surface area (Å²) >= 11 is 0. The fourth-order valence-corrected chi connectivity index (χ4v) is 3.20. The molecule has 1 aromatic carbocycles. The number of nitrogens with zero attached hydrogens (tertiary/aromatic N) is 3. The molecule has 1 fully saturated rings. The zero-order valence-corrected chi connectivity index (χ0v) is 14.8. The molecule has 1 aromatic heterocycles. The first-order valence-corrected chi connectivity index (χ1v) is 8.27. The Morgan fingerprint density at radius 1 is 1.23 bits per heavy atom. The summed E-state index contributed by atoms with van der Waals surface area (Å²) in [5.74, 6) is -1.73.